The summed E-state index contributed by atoms with van der Waals surface area (Å²) in [6.07, 6.45) is 14.3. The fraction of sp³-hybridized carbons (Fsp3) is 1.00. The minimum atomic E-state index is -0.160. The molecule has 20 heavy (non-hydrogen) atoms. The molecule has 3 heteroatoms. The van der Waals surface area contributed by atoms with Crippen LogP contribution in [0.1, 0.15) is 70.6 Å². The SMILES string of the molecule is FCCCN1CC2(CCCCC2)NCC12CCCCC2. The third-order valence-corrected chi connectivity index (χ3v) is 6.11. The van der Waals surface area contributed by atoms with Crippen LogP contribution < -0.4 is 5.32 Å². The first-order valence-electron chi connectivity index (χ1n) is 8.85. The molecule has 116 valence electrons. The standard InChI is InChI=1S/C17H31FN2/c18-12-7-13-20-15-16(8-3-1-4-9-16)19-14-17(20)10-5-2-6-11-17/h19H,1-15H2. The van der Waals surface area contributed by atoms with Crippen molar-refractivity contribution >= 4 is 0 Å². The number of halogens is 1. The first-order chi connectivity index (χ1) is 9.79. The molecule has 1 aliphatic heterocycles. The predicted molar refractivity (Wildman–Crippen MR) is 81.8 cm³/mol. The van der Waals surface area contributed by atoms with Crippen molar-refractivity contribution in [3.8, 4) is 0 Å². The fourth-order valence-corrected chi connectivity index (χ4v) is 4.89. The van der Waals surface area contributed by atoms with Crippen LogP contribution in [0.5, 0.6) is 0 Å². The van der Waals surface area contributed by atoms with Crippen LogP contribution in [0.4, 0.5) is 4.39 Å². The molecule has 1 N–H and O–H groups in total. The summed E-state index contributed by atoms with van der Waals surface area (Å²) in [6.45, 7) is 3.14. The molecular formula is C17H31FN2. The fourth-order valence-electron chi connectivity index (χ4n) is 4.89. The Morgan fingerprint density at radius 1 is 0.900 bits per heavy atom. The first-order valence-corrected chi connectivity index (χ1v) is 8.85. The topological polar surface area (TPSA) is 15.3 Å². The lowest BCUT2D eigenvalue weighted by Gasteiger charge is -2.57. The van der Waals surface area contributed by atoms with Gasteiger partial charge < -0.3 is 5.32 Å². The monoisotopic (exact) mass is 282 g/mol. The van der Waals surface area contributed by atoms with Gasteiger partial charge in [0, 0.05) is 30.7 Å². The quantitative estimate of drug-likeness (QED) is 0.850. The van der Waals surface area contributed by atoms with Gasteiger partial charge in [-0.1, -0.05) is 38.5 Å². The Morgan fingerprint density at radius 2 is 1.55 bits per heavy atom. The van der Waals surface area contributed by atoms with E-state index in [1.165, 1.54) is 70.8 Å². The molecule has 0 radical (unpaired) electrons. The van der Waals surface area contributed by atoms with Gasteiger partial charge in [-0.15, -0.1) is 0 Å². The molecule has 0 aromatic rings. The van der Waals surface area contributed by atoms with Gasteiger partial charge in [-0.05, 0) is 32.1 Å². The number of piperazine rings is 1. The van der Waals surface area contributed by atoms with E-state index in [0.717, 1.165) is 19.5 Å². The van der Waals surface area contributed by atoms with E-state index in [4.69, 9.17) is 0 Å². The van der Waals surface area contributed by atoms with Gasteiger partial charge in [-0.3, -0.25) is 9.29 Å². The number of nitrogens with zero attached hydrogens (tertiary/aromatic N) is 1. The van der Waals surface area contributed by atoms with Crippen molar-refractivity contribution in [1.82, 2.24) is 10.2 Å². The van der Waals surface area contributed by atoms with Crippen LogP contribution in [0, 0.1) is 0 Å². The largest absolute Gasteiger partial charge is 0.308 e. The second-order valence-electron chi connectivity index (χ2n) is 7.44. The molecule has 2 aliphatic carbocycles. The molecule has 0 aromatic carbocycles. The maximum atomic E-state index is 12.7. The van der Waals surface area contributed by atoms with Crippen LogP contribution >= 0.6 is 0 Å². The van der Waals surface area contributed by atoms with Gasteiger partial charge >= 0.3 is 0 Å². The molecule has 0 bridgehead atoms. The van der Waals surface area contributed by atoms with E-state index in [9.17, 15) is 4.39 Å². The molecule has 2 saturated carbocycles. The van der Waals surface area contributed by atoms with Gasteiger partial charge in [0.1, 0.15) is 0 Å². The smallest absolute Gasteiger partial charge is 0.0906 e. The Kier molecular flexibility index (Phi) is 4.66. The van der Waals surface area contributed by atoms with Crippen molar-refractivity contribution in [3.05, 3.63) is 0 Å². The van der Waals surface area contributed by atoms with Gasteiger partial charge in [0.15, 0.2) is 0 Å². The molecule has 0 unspecified atom stereocenters. The van der Waals surface area contributed by atoms with Gasteiger partial charge in [-0.2, -0.15) is 0 Å². The van der Waals surface area contributed by atoms with Crippen LogP contribution in [-0.2, 0) is 0 Å². The van der Waals surface area contributed by atoms with E-state index >= 15 is 0 Å². The van der Waals surface area contributed by atoms with Crippen molar-refractivity contribution in [1.29, 1.82) is 0 Å². The summed E-state index contributed by atoms with van der Waals surface area (Å²) in [7, 11) is 0. The molecule has 2 spiro atoms. The lowest BCUT2D eigenvalue weighted by atomic mass is 9.72. The van der Waals surface area contributed by atoms with Crippen molar-refractivity contribution < 1.29 is 4.39 Å². The minimum Gasteiger partial charge on any atom is -0.308 e. The Hall–Kier alpha value is -0.150. The van der Waals surface area contributed by atoms with Crippen LogP contribution in [0.3, 0.4) is 0 Å². The van der Waals surface area contributed by atoms with E-state index in [1.54, 1.807) is 0 Å². The Labute approximate surface area is 123 Å². The lowest BCUT2D eigenvalue weighted by molar-refractivity contribution is -0.0309. The summed E-state index contributed by atoms with van der Waals surface area (Å²) in [5.74, 6) is 0. The second-order valence-corrected chi connectivity index (χ2v) is 7.44. The van der Waals surface area contributed by atoms with Gasteiger partial charge in [-0.25, -0.2) is 0 Å². The van der Waals surface area contributed by atoms with Crippen molar-refractivity contribution in [2.75, 3.05) is 26.3 Å². The van der Waals surface area contributed by atoms with E-state index in [2.05, 4.69) is 10.2 Å². The van der Waals surface area contributed by atoms with Crippen molar-refractivity contribution in [2.45, 2.75) is 81.7 Å². The molecule has 2 nitrogen and oxygen atoms in total. The summed E-state index contributed by atoms with van der Waals surface area (Å²) < 4.78 is 12.7. The first kappa shape index (κ1) is 14.8. The second kappa shape index (κ2) is 6.31. The van der Waals surface area contributed by atoms with Crippen LogP contribution in [-0.4, -0.2) is 42.3 Å². The molecule has 1 saturated heterocycles. The zero-order chi connectivity index (χ0) is 13.9. The van der Waals surface area contributed by atoms with Crippen LogP contribution in [0.15, 0.2) is 0 Å². The Morgan fingerprint density at radius 3 is 2.20 bits per heavy atom. The third-order valence-electron chi connectivity index (χ3n) is 6.11. The predicted octanol–water partition coefficient (Wildman–Crippen LogP) is 3.66. The number of alkyl halides is 1. The number of hydrogen-bond acceptors (Lipinski definition) is 2. The van der Waals surface area contributed by atoms with E-state index < -0.39 is 0 Å². The molecule has 0 amide bonds. The molecule has 1 heterocycles. The maximum absolute atomic E-state index is 12.7. The summed E-state index contributed by atoms with van der Waals surface area (Å²) >= 11 is 0. The average molecular weight is 282 g/mol. The zero-order valence-corrected chi connectivity index (χ0v) is 12.9. The van der Waals surface area contributed by atoms with E-state index in [0.29, 0.717) is 11.1 Å². The molecule has 3 fully saturated rings. The van der Waals surface area contributed by atoms with E-state index in [1.807, 2.05) is 0 Å². The summed E-state index contributed by atoms with van der Waals surface area (Å²) in [6, 6.07) is 0. The summed E-state index contributed by atoms with van der Waals surface area (Å²) in [4.78, 5) is 2.70. The normalized spacial score (nSPS) is 29.9. The average Bonchev–Trinajstić information content (AvgIpc) is 2.51. The van der Waals surface area contributed by atoms with Crippen LogP contribution in [0.2, 0.25) is 0 Å². The lowest BCUT2D eigenvalue weighted by Crippen LogP contribution is -2.70. The molecule has 0 aromatic heterocycles. The molecule has 3 aliphatic rings. The third kappa shape index (κ3) is 2.89. The Balaban J connectivity index is 1.72. The molecular weight excluding hydrogens is 251 g/mol. The highest BCUT2D eigenvalue weighted by Crippen LogP contribution is 2.40. The summed E-state index contributed by atoms with van der Waals surface area (Å²) in [5.41, 5.74) is 0.716. The maximum Gasteiger partial charge on any atom is 0.0906 e. The van der Waals surface area contributed by atoms with Gasteiger partial charge in [0.2, 0.25) is 0 Å². The highest BCUT2D eigenvalue weighted by atomic mass is 19.1. The number of rotatable bonds is 3. The van der Waals surface area contributed by atoms with Gasteiger partial charge in [0.05, 0.1) is 6.67 Å². The summed E-state index contributed by atoms with van der Waals surface area (Å²) in [5, 5.41) is 3.97. The van der Waals surface area contributed by atoms with Crippen molar-refractivity contribution in [2.24, 2.45) is 0 Å². The number of nitrogens with one attached hydrogen (secondary N) is 1. The van der Waals surface area contributed by atoms with Gasteiger partial charge in [0.25, 0.3) is 0 Å². The molecule has 0 atom stereocenters. The molecule has 3 rings (SSSR count). The minimum absolute atomic E-state index is 0.160. The van der Waals surface area contributed by atoms with Crippen LogP contribution in [0.25, 0.3) is 0 Å². The highest BCUT2D eigenvalue weighted by Gasteiger charge is 2.47. The van der Waals surface area contributed by atoms with E-state index in [-0.39, 0.29) is 6.67 Å². The zero-order valence-electron chi connectivity index (χ0n) is 12.9. The number of hydrogen-bond donors (Lipinski definition) is 1. The highest BCUT2D eigenvalue weighted by molar-refractivity contribution is 5.07. The Bertz CT molecular complexity index is 306. The van der Waals surface area contributed by atoms with Crippen molar-refractivity contribution in [3.63, 3.8) is 0 Å².